The number of rotatable bonds is 6. The lowest BCUT2D eigenvalue weighted by Gasteiger charge is -2.39. The van der Waals surface area contributed by atoms with Crippen molar-refractivity contribution in [2.45, 2.75) is 95.1 Å². The number of aromatic carboxylic acids is 1. The Bertz CT molecular complexity index is 1460. The van der Waals surface area contributed by atoms with Crippen molar-refractivity contribution in [1.29, 1.82) is 0 Å². The molecule has 4 atom stereocenters. The molecule has 0 saturated heterocycles. The summed E-state index contributed by atoms with van der Waals surface area (Å²) in [6.07, 6.45) is 16.4. The van der Waals surface area contributed by atoms with E-state index in [4.69, 9.17) is 0 Å². The minimum atomic E-state index is -0.844. The fourth-order valence-electron chi connectivity index (χ4n) is 10.2. The second kappa shape index (κ2) is 10.2. The van der Waals surface area contributed by atoms with Gasteiger partial charge in [0.05, 0.1) is 11.3 Å². The van der Waals surface area contributed by atoms with Crippen LogP contribution in [0.25, 0.3) is 22.2 Å². The molecule has 0 radical (unpaired) electrons. The number of carboxylic acids is 1. The lowest BCUT2D eigenvalue weighted by atomic mass is 9.75. The molecule has 5 aliphatic rings. The quantitative estimate of drug-likeness (QED) is 0.328. The van der Waals surface area contributed by atoms with E-state index in [1.54, 1.807) is 0 Å². The van der Waals surface area contributed by atoms with E-state index in [2.05, 4.69) is 45.1 Å². The standard InChI is InChI=1S/C36H45N3O2/c40-35(41)26-13-14-29-32(20-26)39-18-17-38(16-15-37-36-21-24-7-6-10-27(22-36)28(19-24)23-36)31-12-5-4-11-30(31)34(39)33(29)25-8-2-1-3-9-25/h4-5,11-14,20,24-25,27-28,37H,1-3,6-10,15-19,21-23H2,(H,40,41). The van der Waals surface area contributed by atoms with Gasteiger partial charge in [0, 0.05) is 53.9 Å². The number of nitrogens with one attached hydrogen (secondary N) is 1. The molecule has 4 aliphatic carbocycles. The topological polar surface area (TPSA) is 57.5 Å². The minimum Gasteiger partial charge on any atom is -0.478 e. The first-order valence-electron chi connectivity index (χ1n) is 16.6. The van der Waals surface area contributed by atoms with Gasteiger partial charge in [-0.25, -0.2) is 4.79 Å². The van der Waals surface area contributed by atoms with Crippen LogP contribution in [0, 0.1) is 17.8 Å². The van der Waals surface area contributed by atoms with Crippen molar-refractivity contribution in [3.8, 4) is 11.3 Å². The molecule has 1 aliphatic heterocycles. The second-order valence-corrected chi connectivity index (χ2v) is 14.2. The van der Waals surface area contributed by atoms with E-state index < -0.39 is 5.97 Å². The first-order chi connectivity index (χ1) is 20.1. The fraction of sp³-hybridized carbons (Fsp3) is 0.583. The van der Waals surface area contributed by atoms with Crippen LogP contribution in [0.4, 0.5) is 5.69 Å². The third kappa shape index (κ3) is 4.42. The van der Waals surface area contributed by atoms with E-state index in [0.717, 1.165) is 49.4 Å². The summed E-state index contributed by atoms with van der Waals surface area (Å²) in [5, 5.41) is 15.3. The summed E-state index contributed by atoms with van der Waals surface area (Å²) in [7, 11) is 0. The third-order valence-electron chi connectivity index (χ3n) is 11.8. The average molecular weight is 552 g/mol. The van der Waals surface area contributed by atoms with Gasteiger partial charge in [-0.15, -0.1) is 0 Å². The van der Waals surface area contributed by atoms with Gasteiger partial charge in [0.15, 0.2) is 0 Å². The zero-order valence-corrected chi connectivity index (χ0v) is 24.4. The number of fused-ring (bicyclic) bond motifs is 7. The van der Waals surface area contributed by atoms with Gasteiger partial charge >= 0.3 is 5.97 Å². The highest BCUT2D eigenvalue weighted by molar-refractivity contribution is 5.99. The van der Waals surface area contributed by atoms with Crippen LogP contribution in [0.15, 0.2) is 42.5 Å². The molecule has 0 spiro atoms. The van der Waals surface area contributed by atoms with Crippen LogP contribution in [0.5, 0.6) is 0 Å². The highest BCUT2D eigenvalue weighted by atomic mass is 16.4. The van der Waals surface area contributed by atoms with Gasteiger partial charge in [-0.05, 0) is 86.0 Å². The Balaban J connectivity index is 1.13. The van der Waals surface area contributed by atoms with E-state index in [0.29, 0.717) is 17.0 Å². The molecule has 3 aromatic rings. The molecule has 1 aromatic heterocycles. The number of carboxylic acid groups (broad SMARTS) is 1. The molecule has 4 saturated carbocycles. The second-order valence-electron chi connectivity index (χ2n) is 14.2. The monoisotopic (exact) mass is 551 g/mol. The molecular weight excluding hydrogens is 506 g/mol. The van der Waals surface area contributed by atoms with E-state index in [1.165, 1.54) is 105 Å². The molecule has 41 heavy (non-hydrogen) atoms. The van der Waals surface area contributed by atoms with Gasteiger partial charge in [0.1, 0.15) is 0 Å². The van der Waals surface area contributed by atoms with Crippen molar-refractivity contribution < 1.29 is 9.90 Å². The molecule has 2 N–H and O–H groups in total. The number of nitrogens with zero attached hydrogens (tertiary/aromatic N) is 2. The summed E-state index contributed by atoms with van der Waals surface area (Å²) in [6, 6.07) is 14.9. The van der Waals surface area contributed by atoms with Gasteiger partial charge in [0.2, 0.25) is 0 Å². The number of hydrogen-bond acceptors (Lipinski definition) is 3. The van der Waals surface area contributed by atoms with Crippen molar-refractivity contribution in [2.75, 3.05) is 24.5 Å². The number of aromatic nitrogens is 1. The van der Waals surface area contributed by atoms with Crippen molar-refractivity contribution in [3.05, 3.63) is 53.6 Å². The number of carbonyl (C=O) groups is 1. The summed E-state index contributed by atoms with van der Waals surface area (Å²) in [5.41, 5.74) is 7.34. The third-order valence-corrected chi connectivity index (χ3v) is 11.8. The fourth-order valence-corrected chi connectivity index (χ4v) is 10.2. The predicted molar refractivity (Wildman–Crippen MR) is 166 cm³/mol. The summed E-state index contributed by atoms with van der Waals surface area (Å²) in [4.78, 5) is 14.6. The van der Waals surface area contributed by atoms with Gasteiger partial charge in [-0.3, -0.25) is 0 Å². The number of hydrogen-bond donors (Lipinski definition) is 2. The number of para-hydroxylation sites is 1. The predicted octanol–water partition coefficient (Wildman–Crippen LogP) is 7.82. The molecule has 4 unspecified atom stereocenters. The van der Waals surface area contributed by atoms with Crippen LogP contribution in [-0.4, -0.2) is 40.8 Å². The molecule has 4 fully saturated rings. The van der Waals surface area contributed by atoms with Crippen molar-refractivity contribution in [2.24, 2.45) is 17.8 Å². The molecule has 8 rings (SSSR count). The number of anilines is 1. The van der Waals surface area contributed by atoms with Gasteiger partial charge < -0.3 is 19.9 Å². The van der Waals surface area contributed by atoms with E-state index in [-0.39, 0.29) is 0 Å². The molecule has 0 amide bonds. The van der Waals surface area contributed by atoms with E-state index in [9.17, 15) is 9.90 Å². The zero-order chi connectivity index (χ0) is 27.6. The maximum Gasteiger partial charge on any atom is 0.335 e. The van der Waals surface area contributed by atoms with Crippen molar-refractivity contribution in [1.82, 2.24) is 9.88 Å². The van der Waals surface area contributed by atoms with Crippen LogP contribution >= 0.6 is 0 Å². The maximum atomic E-state index is 12.0. The molecule has 5 nitrogen and oxygen atoms in total. The van der Waals surface area contributed by atoms with Crippen LogP contribution in [0.3, 0.4) is 0 Å². The Morgan fingerprint density at radius 2 is 1.78 bits per heavy atom. The van der Waals surface area contributed by atoms with Crippen molar-refractivity contribution >= 4 is 22.6 Å². The highest BCUT2D eigenvalue weighted by Gasteiger charge is 2.51. The van der Waals surface area contributed by atoms with Gasteiger partial charge in [0.25, 0.3) is 0 Å². The van der Waals surface area contributed by atoms with Crippen molar-refractivity contribution in [3.63, 3.8) is 0 Å². The maximum absolute atomic E-state index is 12.0. The molecule has 216 valence electrons. The Morgan fingerprint density at radius 3 is 2.66 bits per heavy atom. The van der Waals surface area contributed by atoms with E-state index in [1.807, 2.05) is 12.1 Å². The van der Waals surface area contributed by atoms with Gasteiger partial charge in [-0.2, -0.15) is 0 Å². The Hall–Kier alpha value is -2.79. The van der Waals surface area contributed by atoms with Crippen LogP contribution in [-0.2, 0) is 6.54 Å². The Morgan fingerprint density at radius 1 is 0.927 bits per heavy atom. The molecule has 2 heterocycles. The average Bonchev–Trinajstić information content (AvgIpc) is 3.31. The first-order valence-corrected chi connectivity index (χ1v) is 16.6. The Kier molecular flexibility index (Phi) is 6.43. The van der Waals surface area contributed by atoms with Gasteiger partial charge in [-0.1, -0.05) is 62.8 Å². The SMILES string of the molecule is O=C(O)c1ccc2c(C3CCCCC3)c3n(c2c1)CCN(CCNC12CC4CCCC(C1)C(C4)C2)c1ccccc1-3. The smallest absolute Gasteiger partial charge is 0.335 e. The molecule has 5 heteroatoms. The highest BCUT2D eigenvalue weighted by Crippen LogP contribution is 2.55. The van der Waals surface area contributed by atoms with Crippen LogP contribution in [0.2, 0.25) is 0 Å². The molecule has 3 bridgehead atoms. The largest absolute Gasteiger partial charge is 0.478 e. The van der Waals surface area contributed by atoms with E-state index >= 15 is 0 Å². The first kappa shape index (κ1) is 25.9. The normalized spacial score (nSPS) is 29.3. The summed E-state index contributed by atoms with van der Waals surface area (Å²) < 4.78 is 2.47. The molecule has 2 aromatic carbocycles. The summed E-state index contributed by atoms with van der Waals surface area (Å²) in [6.45, 7) is 3.88. The Labute approximate surface area is 244 Å². The lowest BCUT2D eigenvalue weighted by Crippen LogP contribution is -2.49. The van der Waals surface area contributed by atoms with Crippen LogP contribution in [0.1, 0.15) is 98.9 Å². The number of benzene rings is 2. The summed E-state index contributed by atoms with van der Waals surface area (Å²) >= 11 is 0. The van der Waals surface area contributed by atoms with Crippen LogP contribution < -0.4 is 10.2 Å². The zero-order valence-electron chi connectivity index (χ0n) is 24.4. The lowest BCUT2D eigenvalue weighted by molar-refractivity contribution is 0.0697. The summed E-state index contributed by atoms with van der Waals surface area (Å²) in [5.74, 6) is 2.57. The molecular formula is C36H45N3O2. The minimum absolute atomic E-state index is 0.382.